The first-order chi connectivity index (χ1) is 14.4. The number of nitrogens with zero attached hydrogens (tertiary/aromatic N) is 3. The van der Waals surface area contributed by atoms with E-state index in [1.54, 1.807) is 0 Å². The molecular weight excluding hydrogens is 400 g/mol. The number of fused-ring (bicyclic) bond motifs is 2. The Bertz CT molecular complexity index is 992. The first-order valence-corrected chi connectivity index (χ1v) is 11.9. The van der Waals surface area contributed by atoms with Crippen LogP contribution in [0.2, 0.25) is 0 Å². The molecular formula is C22H32N4O3S. The Kier molecular flexibility index (Phi) is 6.27. The van der Waals surface area contributed by atoms with E-state index in [9.17, 15) is 9.59 Å². The zero-order valence-corrected chi connectivity index (χ0v) is 19.1. The minimum Gasteiger partial charge on any atom is -0.379 e. The molecule has 0 aromatic carbocycles. The number of amides is 1. The van der Waals surface area contributed by atoms with Crippen molar-refractivity contribution in [1.29, 1.82) is 0 Å². The molecule has 1 amide bonds. The quantitative estimate of drug-likeness (QED) is 0.786. The summed E-state index contributed by atoms with van der Waals surface area (Å²) in [5.74, 6) is 0.757. The molecule has 1 atom stereocenters. The predicted octanol–water partition coefficient (Wildman–Crippen LogP) is 2.72. The maximum Gasteiger partial charge on any atom is 0.262 e. The van der Waals surface area contributed by atoms with E-state index in [1.807, 2.05) is 11.5 Å². The lowest BCUT2D eigenvalue weighted by molar-refractivity contribution is -0.0169. The average molecular weight is 433 g/mol. The van der Waals surface area contributed by atoms with Crippen LogP contribution in [-0.4, -0.2) is 58.7 Å². The molecule has 4 rings (SSSR count). The third-order valence-electron chi connectivity index (χ3n) is 6.78. The highest BCUT2D eigenvalue weighted by Gasteiger charge is 2.32. The average Bonchev–Trinajstić information content (AvgIpc) is 2.93. The van der Waals surface area contributed by atoms with Gasteiger partial charge in [-0.25, -0.2) is 4.98 Å². The molecule has 2 aromatic rings. The minimum absolute atomic E-state index is 0.0106. The largest absolute Gasteiger partial charge is 0.379 e. The minimum atomic E-state index is -0.112. The number of morpholine rings is 1. The lowest BCUT2D eigenvalue weighted by Gasteiger charge is -2.43. The monoisotopic (exact) mass is 432 g/mol. The lowest BCUT2D eigenvalue weighted by Crippen LogP contribution is -2.56. The van der Waals surface area contributed by atoms with Crippen molar-refractivity contribution in [3.63, 3.8) is 0 Å². The van der Waals surface area contributed by atoms with Crippen molar-refractivity contribution in [1.82, 2.24) is 19.8 Å². The number of aryl methyl sites for hydroxylation is 2. The fourth-order valence-electron chi connectivity index (χ4n) is 4.54. The van der Waals surface area contributed by atoms with E-state index in [4.69, 9.17) is 9.72 Å². The molecule has 2 aliphatic rings. The molecule has 0 bridgehead atoms. The SMILES string of the molecule is CCC(C)(CNC(=O)c1sc2nc3n(c(=O)c2c1C)CCCCC3)N1CCOCC1. The van der Waals surface area contributed by atoms with Crippen LogP contribution in [0.15, 0.2) is 4.79 Å². The summed E-state index contributed by atoms with van der Waals surface area (Å²) < 4.78 is 7.30. The van der Waals surface area contributed by atoms with Gasteiger partial charge in [-0.2, -0.15) is 0 Å². The Morgan fingerprint density at radius 1 is 1.23 bits per heavy atom. The summed E-state index contributed by atoms with van der Waals surface area (Å²) in [6, 6.07) is 0. The molecule has 30 heavy (non-hydrogen) atoms. The standard InChI is InChI=1S/C22H32N4O3S/c1-4-22(3,25-10-12-29-13-11-25)14-23-19(27)18-15(2)17-20(30-18)24-16-8-6-5-7-9-26(16)21(17)28/h4-14H2,1-3H3,(H,23,27). The number of rotatable bonds is 5. The van der Waals surface area contributed by atoms with Crippen molar-refractivity contribution in [2.75, 3.05) is 32.8 Å². The van der Waals surface area contributed by atoms with Crippen LogP contribution in [0, 0.1) is 6.92 Å². The third kappa shape index (κ3) is 3.92. The molecule has 1 unspecified atom stereocenters. The summed E-state index contributed by atoms with van der Waals surface area (Å²) in [5.41, 5.74) is 0.657. The molecule has 0 saturated carbocycles. The van der Waals surface area contributed by atoms with Gasteiger partial charge in [0.1, 0.15) is 10.7 Å². The van der Waals surface area contributed by atoms with Crippen LogP contribution < -0.4 is 10.9 Å². The van der Waals surface area contributed by atoms with Gasteiger partial charge in [0.15, 0.2) is 0 Å². The van der Waals surface area contributed by atoms with Crippen molar-refractivity contribution < 1.29 is 9.53 Å². The summed E-state index contributed by atoms with van der Waals surface area (Å²) in [5, 5.41) is 3.75. The number of nitrogens with one attached hydrogen (secondary N) is 1. The highest BCUT2D eigenvalue weighted by Crippen LogP contribution is 2.29. The van der Waals surface area contributed by atoms with E-state index in [0.717, 1.165) is 76.3 Å². The Morgan fingerprint density at radius 3 is 2.73 bits per heavy atom. The van der Waals surface area contributed by atoms with Crippen LogP contribution in [-0.2, 0) is 17.7 Å². The molecule has 1 saturated heterocycles. The van der Waals surface area contributed by atoms with E-state index in [-0.39, 0.29) is 17.0 Å². The number of aromatic nitrogens is 2. The van der Waals surface area contributed by atoms with E-state index in [1.165, 1.54) is 11.3 Å². The molecule has 8 heteroatoms. The van der Waals surface area contributed by atoms with Crippen molar-refractivity contribution >= 4 is 27.5 Å². The van der Waals surface area contributed by atoms with Gasteiger partial charge in [-0.3, -0.25) is 19.1 Å². The second-order valence-corrected chi connectivity index (χ2v) is 9.66. The van der Waals surface area contributed by atoms with Crippen LogP contribution in [0.4, 0.5) is 0 Å². The number of carbonyl (C=O) groups excluding carboxylic acids is 1. The third-order valence-corrected chi connectivity index (χ3v) is 7.97. The van der Waals surface area contributed by atoms with E-state index < -0.39 is 0 Å². The fourth-order valence-corrected chi connectivity index (χ4v) is 5.65. The number of thiophene rings is 1. The number of ether oxygens (including phenoxy) is 1. The van der Waals surface area contributed by atoms with Crippen molar-refractivity contribution in [3.8, 4) is 0 Å². The Morgan fingerprint density at radius 2 is 2.00 bits per heavy atom. The lowest BCUT2D eigenvalue weighted by atomic mass is 9.95. The molecule has 1 fully saturated rings. The molecule has 7 nitrogen and oxygen atoms in total. The van der Waals surface area contributed by atoms with Gasteiger partial charge >= 0.3 is 0 Å². The van der Waals surface area contributed by atoms with Crippen molar-refractivity contribution in [3.05, 3.63) is 26.6 Å². The van der Waals surface area contributed by atoms with Gasteiger partial charge in [0.2, 0.25) is 0 Å². The molecule has 2 aromatic heterocycles. The zero-order valence-electron chi connectivity index (χ0n) is 18.3. The van der Waals surface area contributed by atoms with Crippen LogP contribution in [0.5, 0.6) is 0 Å². The molecule has 0 spiro atoms. The molecule has 4 heterocycles. The normalized spacial score (nSPS) is 19.8. The first-order valence-electron chi connectivity index (χ1n) is 11.1. The first kappa shape index (κ1) is 21.5. The number of carbonyl (C=O) groups is 1. The summed E-state index contributed by atoms with van der Waals surface area (Å²) in [7, 11) is 0. The van der Waals surface area contributed by atoms with Crippen LogP contribution in [0.25, 0.3) is 10.2 Å². The van der Waals surface area contributed by atoms with E-state index >= 15 is 0 Å². The summed E-state index contributed by atoms with van der Waals surface area (Å²) in [4.78, 5) is 34.7. The van der Waals surface area contributed by atoms with Gasteiger partial charge in [-0.1, -0.05) is 13.3 Å². The maximum atomic E-state index is 13.1. The van der Waals surface area contributed by atoms with Crippen LogP contribution in [0.3, 0.4) is 0 Å². The molecule has 2 aliphatic heterocycles. The number of hydrogen-bond donors (Lipinski definition) is 1. The topological polar surface area (TPSA) is 76.5 Å². The Hall–Kier alpha value is -1.77. The van der Waals surface area contributed by atoms with Crippen LogP contribution in [0.1, 0.15) is 60.6 Å². The second kappa shape index (κ2) is 8.77. The summed E-state index contributed by atoms with van der Waals surface area (Å²) in [6.45, 7) is 10.8. The Balaban J connectivity index is 1.58. The highest BCUT2D eigenvalue weighted by molar-refractivity contribution is 7.20. The second-order valence-electron chi connectivity index (χ2n) is 8.66. The zero-order chi connectivity index (χ0) is 21.3. The smallest absolute Gasteiger partial charge is 0.262 e. The van der Waals surface area contributed by atoms with Gasteiger partial charge in [0.25, 0.3) is 11.5 Å². The summed E-state index contributed by atoms with van der Waals surface area (Å²) in [6.07, 6.45) is 4.97. The van der Waals surface area contributed by atoms with Gasteiger partial charge in [-0.15, -0.1) is 11.3 Å². The maximum absolute atomic E-state index is 13.1. The van der Waals surface area contributed by atoms with Gasteiger partial charge in [-0.05, 0) is 38.7 Å². The molecule has 164 valence electrons. The molecule has 0 radical (unpaired) electrons. The van der Waals surface area contributed by atoms with Crippen LogP contribution >= 0.6 is 11.3 Å². The van der Waals surface area contributed by atoms with Gasteiger partial charge < -0.3 is 10.1 Å². The Labute approximate surface area is 181 Å². The van der Waals surface area contributed by atoms with Crippen molar-refractivity contribution in [2.24, 2.45) is 0 Å². The van der Waals surface area contributed by atoms with Crippen molar-refractivity contribution in [2.45, 2.75) is 65.0 Å². The van der Waals surface area contributed by atoms with Gasteiger partial charge in [0, 0.05) is 38.1 Å². The number of hydrogen-bond acceptors (Lipinski definition) is 6. The van der Waals surface area contributed by atoms with Gasteiger partial charge in [0.05, 0.1) is 23.5 Å². The highest BCUT2D eigenvalue weighted by atomic mass is 32.1. The fraction of sp³-hybridized carbons (Fsp3) is 0.682. The molecule has 1 N–H and O–H groups in total. The summed E-state index contributed by atoms with van der Waals surface area (Å²) >= 11 is 1.35. The van der Waals surface area contributed by atoms with E-state index in [2.05, 4.69) is 24.1 Å². The van der Waals surface area contributed by atoms with E-state index in [0.29, 0.717) is 21.6 Å². The molecule has 0 aliphatic carbocycles. The predicted molar refractivity (Wildman–Crippen MR) is 120 cm³/mol.